The molecule has 2 N–H and O–H groups in total. The summed E-state index contributed by atoms with van der Waals surface area (Å²) in [5, 5.41) is 5.67. The van der Waals surface area contributed by atoms with Gasteiger partial charge in [-0.1, -0.05) is 62.4 Å². The third kappa shape index (κ3) is 8.69. The van der Waals surface area contributed by atoms with Gasteiger partial charge < -0.3 is 15.4 Å². The molecular formula is C35H34N2O4S. The van der Waals surface area contributed by atoms with Crippen molar-refractivity contribution in [2.24, 2.45) is 0 Å². The Morgan fingerprint density at radius 1 is 0.833 bits per heavy atom. The minimum absolute atomic E-state index is 0.00480. The monoisotopic (exact) mass is 578 g/mol. The highest BCUT2D eigenvalue weighted by molar-refractivity contribution is 8.00. The van der Waals surface area contributed by atoms with Gasteiger partial charge in [0, 0.05) is 21.7 Å². The van der Waals surface area contributed by atoms with Crippen molar-refractivity contribution >= 4 is 41.1 Å². The van der Waals surface area contributed by atoms with Crippen LogP contribution in [0.1, 0.15) is 58.5 Å². The molecule has 0 fully saturated rings. The van der Waals surface area contributed by atoms with Crippen molar-refractivity contribution in [3.05, 3.63) is 131 Å². The maximum absolute atomic E-state index is 13.4. The summed E-state index contributed by atoms with van der Waals surface area (Å²) in [5.41, 5.74) is 3.69. The molecule has 0 aromatic heterocycles. The zero-order chi connectivity index (χ0) is 29.9. The SMILES string of the molecule is CCOc1ccc(C(=O)CSc2cccc(NC(=O)/C(=C/c3ccc(C(C)C)cc3)NC(=O)c3ccccc3)c2)cc1. The predicted molar refractivity (Wildman–Crippen MR) is 170 cm³/mol. The Morgan fingerprint density at radius 2 is 1.55 bits per heavy atom. The highest BCUT2D eigenvalue weighted by atomic mass is 32.2. The van der Waals surface area contributed by atoms with E-state index < -0.39 is 5.91 Å². The number of anilines is 1. The average molecular weight is 579 g/mol. The fourth-order valence-electron chi connectivity index (χ4n) is 4.08. The van der Waals surface area contributed by atoms with Crippen molar-refractivity contribution in [1.82, 2.24) is 5.32 Å². The predicted octanol–water partition coefficient (Wildman–Crippen LogP) is 7.59. The number of nitrogens with one attached hydrogen (secondary N) is 2. The zero-order valence-electron chi connectivity index (χ0n) is 23.9. The van der Waals surface area contributed by atoms with E-state index in [9.17, 15) is 14.4 Å². The molecule has 0 spiro atoms. The highest BCUT2D eigenvalue weighted by Gasteiger charge is 2.16. The van der Waals surface area contributed by atoms with Crippen molar-refractivity contribution < 1.29 is 19.1 Å². The van der Waals surface area contributed by atoms with Crippen molar-refractivity contribution in [3.63, 3.8) is 0 Å². The molecule has 214 valence electrons. The lowest BCUT2D eigenvalue weighted by Gasteiger charge is -2.13. The molecule has 0 saturated heterocycles. The molecule has 0 aliphatic carbocycles. The van der Waals surface area contributed by atoms with Gasteiger partial charge >= 0.3 is 0 Å². The average Bonchev–Trinajstić information content (AvgIpc) is 3.01. The minimum Gasteiger partial charge on any atom is -0.494 e. The number of amides is 2. The third-order valence-electron chi connectivity index (χ3n) is 6.39. The molecule has 7 heteroatoms. The fourth-order valence-corrected chi connectivity index (χ4v) is 4.93. The van der Waals surface area contributed by atoms with Crippen LogP contribution in [-0.4, -0.2) is 30.0 Å². The summed E-state index contributed by atoms with van der Waals surface area (Å²) in [6.07, 6.45) is 1.66. The van der Waals surface area contributed by atoms with Crippen LogP contribution in [0.5, 0.6) is 5.75 Å². The topological polar surface area (TPSA) is 84.5 Å². The zero-order valence-corrected chi connectivity index (χ0v) is 24.7. The Morgan fingerprint density at radius 3 is 2.21 bits per heavy atom. The maximum Gasteiger partial charge on any atom is 0.272 e. The van der Waals surface area contributed by atoms with E-state index in [1.165, 1.54) is 17.3 Å². The van der Waals surface area contributed by atoms with Gasteiger partial charge in [-0.25, -0.2) is 0 Å². The molecule has 6 nitrogen and oxygen atoms in total. The molecule has 0 saturated carbocycles. The summed E-state index contributed by atoms with van der Waals surface area (Å²) in [6.45, 7) is 6.71. The molecule has 0 aliphatic rings. The van der Waals surface area contributed by atoms with E-state index in [0.717, 1.165) is 16.2 Å². The molecule has 0 unspecified atom stereocenters. The molecule has 0 bridgehead atoms. The van der Waals surface area contributed by atoms with Crippen molar-refractivity contribution in [1.29, 1.82) is 0 Å². The van der Waals surface area contributed by atoms with E-state index in [-0.39, 0.29) is 23.1 Å². The van der Waals surface area contributed by atoms with Crippen LogP contribution in [0, 0.1) is 0 Å². The molecule has 4 aromatic rings. The van der Waals surface area contributed by atoms with E-state index in [1.54, 1.807) is 60.7 Å². The molecule has 2 amide bonds. The Hall–Kier alpha value is -4.62. The van der Waals surface area contributed by atoms with E-state index in [2.05, 4.69) is 24.5 Å². The van der Waals surface area contributed by atoms with Gasteiger partial charge in [-0.15, -0.1) is 11.8 Å². The van der Waals surface area contributed by atoms with E-state index in [0.29, 0.717) is 29.3 Å². The Bertz CT molecular complexity index is 1550. The van der Waals surface area contributed by atoms with E-state index in [1.807, 2.05) is 55.5 Å². The second-order valence-electron chi connectivity index (χ2n) is 9.85. The van der Waals surface area contributed by atoms with E-state index >= 15 is 0 Å². The normalized spacial score (nSPS) is 11.2. The number of hydrogen-bond acceptors (Lipinski definition) is 5. The first-order chi connectivity index (χ1) is 20.3. The minimum atomic E-state index is -0.458. The molecule has 0 heterocycles. The lowest BCUT2D eigenvalue weighted by atomic mass is 10.0. The number of ether oxygens (including phenoxy) is 1. The fraction of sp³-hybridized carbons (Fsp3) is 0.171. The smallest absolute Gasteiger partial charge is 0.272 e. The van der Waals surface area contributed by atoms with Crippen molar-refractivity contribution in [3.8, 4) is 5.75 Å². The van der Waals surface area contributed by atoms with Crippen molar-refractivity contribution in [2.75, 3.05) is 17.7 Å². The lowest BCUT2D eigenvalue weighted by Crippen LogP contribution is -2.30. The molecular weight excluding hydrogens is 544 g/mol. The summed E-state index contributed by atoms with van der Waals surface area (Å²) in [5.74, 6) is 0.509. The first-order valence-electron chi connectivity index (χ1n) is 13.8. The molecule has 4 aromatic carbocycles. The second-order valence-corrected chi connectivity index (χ2v) is 10.9. The maximum atomic E-state index is 13.4. The molecule has 0 radical (unpaired) electrons. The summed E-state index contributed by atoms with van der Waals surface area (Å²) >= 11 is 1.39. The molecule has 0 atom stereocenters. The van der Waals surface area contributed by atoms with Gasteiger partial charge in [-0.2, -0.15) is 0 Å². The number of rotatable bonds is 12. The molecule has 42 heavy (non-hydrogen) atoms. The third-order valence-corrected chi connectivity index (χ3v) is 7.39. The number of ketones is 1. The van der Waals surface area contributed by atoms with Crippen LogP contribution < -0.4 is 15.4 Å². The number of hydrogen-bond donors (Lipinski definition) is 2. The highest BCUT2D eigenvalue weighted by Crippen LogP contribution is 2.24. The van der Waals surface area contributed by atoms with Crippen LogP contribution in [0.3, 0.4) is 0 Å². The number of thioether (sulfide) groups is 1. The van der Waals surface area contributed by atoms with E-state index in [4.69, 9.17) is 4.74 Å². The lowest BCUT2D eigenvalue weighted by molar-refractivity contribution is -0.113. The van der Waals surface area contributed by atoms with Crippen LogP contribution in [0.4, 0.5) is 5.69 Å². The Kier molecular flexibility index (Phi) is 10.7. The van der Waals surface area contributed by atoms with Crippen molar-refractivity contribution in [2.45, 2.75) is 31.6 Å². The van der Waals surface area contributed by atoms with Gasteiger partial charge in [0.25, 0.3) is 11.8 Å². The first kappa shape index (κ1) is 30.3. The summed E-state index contributed by atoms with van der Waals surface area (Å²) < 4.78 is 5.44. The summed E-state index contributed by atoms with van der Waals surface area (Å²) in [7, 11) is 0. The van der Waals surface area contributed by atoms with Gasteiger partial charge in [-0.3, -0.25) is 14.4 Å². The van der Waals surface area contributed by atoms with Gasteiger partial charge in [0.2, 0.25) is 0 Å². The number of benzene rings is 4. The number of carbonyl (C=O) groups excluding carboxylic acids is 3. The number of carbonyl (C=O) groups is 3. The largest absolute Gasteiger partial charge is 0.494 e. The van der Waals surface area contributed by atoms with Crippen LogP contribution >= 0.6 is 11.8 Å². The van der Waals surface area contributed by atoms with Gasteiger partial charge in [0.15, 0.2) is 5.78 Å². The second kappa shape index (κ2) is 14.8. The first-order valence-corrected chi connectivity index (χ1v) is 14.8. The van der Waals surface area contributed by atoms with Crippen LogP contribution in [-0.2, 0) is 4.79 Å². The van der Waals surface area contributed by atoms with Crippen LogP contribution in [0.2, 0.25) is 0 Å². The summed E-state index contributed by atoms with van der Waals surface area (Å²) in [6, 6.07) is 31.0. The van der Waals surface area contributed by atoms with Gasteiger partial charge in [0.1, 0.15) is 11.4 Å². The summed E-state index contributed by atoms with van der Waals surface area (Å²) in [4.78, 5) is 39.9. The molecule has 4 rings (SSSR count). The van der Waals surface area contributed by atoms with Crippen LogP contribution in [0.15, 0.2) is 114 Å². The number of Topliss-reactive ketones (excluding diaryl/α,β-unsaturated/α-hetero) is 1. The van der Waals surface area contributed by atoms with Gasteiger partial charge in [0.05, 0.1) is 12.4 Å². The Balaban J connectivity index is 1.47. The molecule has 0 aliphatic heterocycles. The quantitative estimate of drug-likeness (QED) is 0.103. The standard InChI is InChI=1S/C35H34N2O4S/c1-4-41-30-19-17-27(18-20-30)33(38)23-42-31-12-8-11-29(22-31)36-35(40)32(37-34(39)28-9-6-5-7-10-28)21-25-13-15-26(16-14-25)24(2)3/h5-22,24H,4,23H2,1-3H3,(H,36,40)(H,37,39)/b32-21-. The van der Waals surface area contributed by atoms with Gasteiger partial charge in [-0.05, 0) is 84.6 Å². The Labute approximate surface area is 251 Å². The van der Waals surface area contributed by atoms with Crippen LogP contribution in [0.25, 0.3) is 6.08 Å².